The molecular formula is C18H24N6O4. The van der Waals surface area contributed by atoms with Gasteiger partial charge in [-0.3, -0.25) is 0 Å². The molecule has 2 heterocycles. The van der Waals surface area contributed by atoms with Crippen LogP contribution in [0.1, 0.15) is 12.7 Å². The van der Waals surface area contributed by atoms with Crippen molar-refractivity contribution in [3.63, 3.8) is 0 Å². The molecule has 28 heavy (non-hydrogen) atoms. The quantitative estimate of drug-likeness (QED) is 0.733. The molecule has 1 aliphatic rings. The van der Waals surface area contributed by atoms with Crippen LogP contribution in [0, 0.1) is 0 Å². The number of ether oxygens (including phenoxy) is 3. The highest BCUT2D eigenvalue weighted by Gasteiger charge is 2.17. The van der Waals surface area contributed by atoms with Crippen LogP contribution >= 0.6 is 0 Å². The number of morpholine rings is 1. The number of carbonyl (C=O) groups excluding carboxylic acids is 1. The number of rotatable bonds is 7. The number of benzene rings is 1. The molecule has 0 aliphatic carbocycles. The topological polar surface area (TPSA) is 111 Å². The van der Waals surface area contributed by atoms with Crippen molar-refractivity contribution < 1.29 is 19.0 Å². The van der Waals surface area contributed by atoms with Crippen molar-refractivity contribution in [3.8, 4) is 11.8 Å². The Balaban J connectivity index is 1.58. The summed E-state index contributed by atoms with van der Waals surface area (Å²) in [6, 6.07) is 6.98. The third-order valence-electron chi connectivity index (χ3n) is 3.96. The van der Waals surface area contributed by atoms with Crippen molar-refractivity contribution in [2.45, 2.75) is 13.5 Å². The SMILES string of the molecule is CCOc1ccc(NC(=O)NCc2nc(OC)nc(N3CCOCC3)n2)cc1. The summed E-state index contributed by atoms with van der Waals surface area (Å²) < 4.78 is 15.9. The highest BCUT2D eigenvalue weighted by atomic mass is 16.5. The van der Waals surface area contributed by atoms with E-state index in [1.54, 1.807) is 24.3 Å². The number of nitrogens with zero attached hydrogens (tertiary/aromatic N) is 4. The number of hydrogen-bond acceptors (Lipinski definition) is 8. The van der Waals surface area contributed by atoms with E-state index in [0.29, 0.717) is 50.4 Å². The summed E-state index contributed by atoms with van der Waals surface area (Å²) in [7, 11) is 1.49. The molecule has 3 rings (SSSR count). The molecule has 150 valence electrons. The zero-order valence-electron chi connectivity index (χ0n) is 16.0. The summed E-state index contributed by atoms with van der Waals surface area (Å²) in [5, 5.41) is 5.49. The van der Waals surface area contributed by atoms with Crippen LogP contribution in [0.3, 0.4) is 0 Å². The number of amides is 2. The first-order valence-electron chi connectivity index (χ1n) is 9.07. The van der Waals surface area contributed by atoms with Gasteiger partial charge < -0.3 is 29.7 Å². The molecule has 0 atom stereocenters. The Morgan fingerprint density at radius 1 is 1.18 bits per heavy atom. The molecule has 0 saturated carbocycles. The lowest BCUT2D eigenvalue weighted by Gasteiger charge is -2.26. The number of hydrogen-bond donors (Lipinski definition) is 2. The van der Waals surface area contributed by atoms with E-state index in [4.69, 9.17) is 14.2 Å². The molecule has 10 nitrogen and oxygen atoms in total. The van der Waals surface area contributed by atoms with Gasteiger partial charge in [-0.2, -0.15) is 15.0 Å². The van der Waals surface area contributed by atoms with E-state index in [2.05, 4.69) is 25.6 Å². The first kappa shape index (κ1) is 19.6. The molecule has 2 N–H and O–H groups in total. The van der Waals surface area contributed by atoms with Gasteiger partial charge in [-0.1, -0.05) is 0 Å². The minimum absolute atomic E-state index is 0.138. The van der Waals surface area contributed by atoms with Crippen LogP contribution in [-0.4, -0.2) is 61.0 Å². The Morgan fingerprint density at radius 2 is 1.93 bits per heavy atom. The summed E-state index contributed by atoms with van der Waals surface area (Å²) in [6.45, 7) is 5.27. The van der Waals surface area contributed by atoms with Crippen LogP contribution in [0.25, 0.3) is 0 Å². The number of anilines is 2. The summed E-state index contributed by atoms with van der Waals surface area (Å²) >= 11 is 0. The summed E-state index contributed by atoms with van der Waals surface area (Å²) in [4.78, 5) is 27.1. The molecule has 0 bridgehead atoms. The maximum absolute atomic E-state index is 12.2. The van der Waals surface area contributed by atoms with Gasteiger partial charge in [-0.25, -0.2) is 4.79 Å². The number of urea groups is 1. The van der Waals surface area contributed by atoms with Gasteiger partial charge in [0.25, 0.3) is 0 Å². The maximum atomic E-state index is 12.2. The van der Waals surface area contributed by atoms with Crippen molar-refractivity contribution in [1.29, 1.82) is 0 Å². The second-order valence-electron chi connectivity index (χ2n) is 5.90. The molecule has 2 amide bonds. The summed E-state index contributed by atoms with van der Waals surface area (Å²) in [5.74, 6) is 1.68. The number of methoxy groups -OCH3 is 1. The van der Waals surface area contributed by atoms with Gasteiger partial charge in [-0.05, 0) is 31.2 Å². The van der Waals surface area contributed by atoms with E-state index in [1.807, 2.05) is 11.8 Å². The third-order valence-corrected chi connectivity index (χ3v) is 3.96. The van der Waals surface area contributed by atoms with Gasteiger partial charge >= 0.3 is 12.0 Å². The molecule has 1 aromatic carbocycles. The lowest BCUT2D eigenvalue weighted by molar-refractivity contribution is 0.122. The highest BCUT2D eigenvalue weighted by molar-refractivity contribution is 5.89. The molecular weight excluding hydrogens is 364 g/mol. The number of nitrogens with one attached hydrogen (secondary N) is 2. The van der Waals surface area contributed by atoms with Crippen LogP contribution in [-0.2, 0) is 11.3 Å². The second kappa shape index (κ2) is 9.70. The average molecular weight is 388 g/mol. The van der Waals surface area contributed by atoms with E-state index in [9.17, 15) is 4.79 Å². The van der Waals surface area contributed by atoms with E-state index in [-0.39, 0.29) is 18.6 Å². The summed E-state index contributed by atoms with van der Waals surface area (Å²) in [6.07, 6.45) is 0. The number of carbonyl (C=O) groups is 1. The van der Waals surface area contributed by atoms with Crippen molar-refractivity contribution in [3.05, 3.63) is 30.1 Å². The Morgan fingerprint density at radius 3 is 2.61 bits per heavy atom. The van der Waals surface area contributed by atoms with Crippen LogP contribution in [0.15, 0.2) is 24.3 Å². The average Bonchev–Trinajstić information content (AvgIpc) is 2.74. The molecule has 1 aliphatic heterocycles. The third kappa shape index (κ3) is 5.43. The van der Waals surface area contributed by atoms with E-state index in [1.165, 1.54) is 7.11 Å². The van der Waals surface area contributed by atoms with Crippen LogP contribution in [0.4, 0.5) is 16.4 Å². The highest BCUT2D eigenvalue weighted by Crippen LogP contribution is 2.16. The van der Waals surface area contributed by atoms with Gasteiger partial charge in [0.05, 0.1) is 33.5 Å². The molecule has 1 fully saturated rings. The monoisotopic (exact) mass is 388 g/mol. The number of aromatic nitrogens is 3. The van der Waals surface area contributed by atoms with Gasteiger partial charge in [0, 0.05) is 18.8 Å². The summed E-state index contributed by atoms with van der Waals surface area (Å²) in [5.41, 5.74) is 0.656. The lowest BCUT2D eigenvalue weighted by atomic mass is 10.3. The molecule has 2 aromatic rings. The van der Waals surface area contributed by atoms with E-state index in [0.717, 1.165) is 5.75 Å². The Kier molecular flexibility index (Phi) is 6.79. The van der Waals surface area contributed by atoms with Crippen molar-refractivity contribution in [1.82, 2.24) is 20.3 Å². The molecule has 0 radical (unpaired) electrons. The predicted octanol–water partition coefficient (Wildman–Crippen LogP) is 1.44. The first-order chi connectivity index (χ1) is 13.7. The molecule has 10 heteroatoms. The second-order valence-corrected chi connectivity index (χ2v) is 5.90. The first-order valence-corrected chi connectivity index (χ1v) is 9.07. The van der Waals surface area contributed by atoms with Crippen molar-refractivity contribution in [2.75, 3.05) is 50.2 Å². The fraction of sp³-hybridized carbons (Fsp3) is 0.444. The van der Waals surface area contributed by atoms with Gasteiger partial charge in [0.2, 0.25) is 5.95 Å². The Labute approximate surface area is 163 Å². The normalized spacial score (nSPS) is 13.7. The molecule has 0 unspecified atom stereocenters. The fourth-order valence-electron chi connectivity index (χ4n) is 2.60. The zero-order chi connectivity index (χ0) is 19.8. The fourth-order valence-corrected chi connectivity index (χ4v) is 2.60. The maximum Gasteiger partial charge on any atom is 0.321 e. The van der Waals surface area contributed by atoms with Crippen LogP contribution < -0.4 is 25.0 Å². The van der Waals surface area contributed by atoms with Crippen LogP contribution in [0.2, 0.25) is 0 Å². The van der Waals surface area contributed by atoms with Gasteiger partial charge in [0.1, 0.15) is 5.75 Å². The Bertz CT molecular complexity index is 780. The van der Waals surface area contributed by atoms with Crippen molar-refractivity contribution >= 4 is 17.7 Å². The molecule has 1 aromatic heterocycles. The van der Waals surface area contributed by atoms with E-state index < -0.39 is 0 Å². The molecule has 1 saturated heterocycles. The predicted molar refractivity (Wildman–Crippen MR) is 103 cm³/mol. The largest absolute Gasteiger partial charge is 0.494 e. The lowest BCUT2D eigenvalue weighted by Crippen LogP contribution is -2.38. The zero-order valence-corrected chi connectivity index (χ0v) is 16.0. The van der Waals surface area contributed by atoms with Crippen LogP contribution in [0.5, 0.6) is 11.8 Å². The van der Waals surface area contributed by atoms with Crippen molar-refractivity contribution in [2.24, 2.45) is 0 Å². The minimum Gasteiger partial charge on any atom is -0.494 e. The molecule has 0 spiro atoms. The minimum atomic E-state index is -0.364. The van der Waals surface area contributed by atoms with E-state index >= 15 is 0 Å². The van der Waals surface area contributed by atoms with Gasteiger partial charge in [0.15, 0.2) is 5.82 Å². The smallest absolute Gasteiger partial charge is 0.321 e. The standard InChI is InChI=1S/C18H24N6O4/c1-3-28-14-6-4-13(5-7-14)20-17(25)19-12-15-21-16(23-18(22-15)26-2)24-8-10-27-11-9-24/h4-7H,3,8-12H2,1-2H3,(H2,19,20,25). The van der Waals surface area contributed by atoms with Gasteiger partial charge in [-0.15, -0.1) is 0 Å². The Hall–Kier alpha value is -3.14.